The van der Waals surface area contributed by atoms with Crippen LogP contribution in [0.2, 0.25) is 0 Å². The Morgan fingerprint density at radius 2 is 2.03 bits per heavy atom. The quantitative estimate of drug-likeness (QED) is 0.482. The Morgan fingerprint density at radius 3 is 2.76 bits per heavy atom. The van der Waals surface area contributed by atoms with Gasteiger partial charge in [0.25, 0.3) is 5.91 Å². The zero-order valence-electron chi connectivity index (χ0n) is 19.1. The summed E-state index contributed by atoms with van der Waals surface area (Å²) in [5, 5.41) is 5.19. The Labute approximate surface area is 203 Å². The van der Waals surface area contributed by atoms with Crippen LogP contribution in [-0.2, 0) is 9.53 Å². The zero-order chi connectivity index (χ0) is 23.2. The van der Waals surface area contributed by atoms with Crippen molar-refractivity contribution < 1.29 is 19.1 Å². The molecule has 3 heterocycles. The van der Waals surface area contributed by atoms with E-state index in [4.69, 9.17) is 4.74 Å². The normalized spacial score (nSPS) is 21.6. The number of amides is 3. The molecule has 0 aromatic carbocycles. The molecule has 2 fully saturated rings. The van der Waals surface area contributed by atoms with Gasteiger partial charge >= 0.3 is 12.0 Å². The van der Waals surface area contributed by atoms with E-state index in [1.54, 1.807) is 10.3 Å². The second-order valence-corrected chi connectivity index (χ2v) is 10.7. The molecular weight excluding hydrogens is 460 g/mol. The summed E-state index contributed by atoms with van der Waals surface area (Å²) in [4.78, 5) is 45.4. The van der Waals surface area contributed by atoms with E-state index in [1.807, 2.05) is 4.90 Å². The zero-order valence-corrected chi connectivity index (χ0v) is 20.7. The van der Waals surface area contributed by atoms with E-state index < -0.39 is 11.3 Å². The van der Waals surface area contributed by atoms with Crippen LogP contribution in [0, 0.1) is 0 Å². The molecule has 0 radical (unpaired) electrons. The number of rotatable bonds is 6. The number of allylic oxidation sites excluding steroid dienone is 1. The molecule has 0 saturated carbocycles. The van der Waals surface area contributed by atoms with E-state index >= 15 is 0 Å². The number of nitrogens with one attached hydrogen (secondary N) is 1. The number of thiazole rings is 1. The average Bonchev–Trinajstić information content (AvgIpc) is 3.54. The van der Waals surface area contributed by atoms with Crippen LogP contribution >= 0.6 is 23.1 Å². The lowest BCUT2D eigenvalue weighted by Gasteiger charge is -2.31. The van der Waals surface area contributed by atoms with Gasteiger partial charge in [-0.15, -0.1) is 23.1 Å². The Kier molecular flexibility index (Phi) is 8.29. The summed E-state index contributed by atoms with van der Waals surface area (Å²) < 4.78 is 4.82. The first-order valence-corrected chi connectivity index (χ1v) is 13.7. The Morgan fingerprint density at radius 1 is 1.21 bits per heavy atom. The largest absolute Gasteiger partial charge is 0.467 e. The van der Waals surface area contributed by atoms with Crippen molar-refractivity contribution in [3.63, 3.8) is 0 Å². The maximum Gasteiger partial charge on any atom is 0.339 e. The number of methoxy groups -OCH3 is 1. The smallest absolute Gasteiger partial charge is 0.339 e. The minimum absolute atomic E-state index is 0.0141. The molecule has 180 valence electrons. The molecule has 1 unspecified atom stereocenters. The molecule has 3 amide bonds. The van der Waals surface area contributed by atoms with Crippen LogP contribution in [0.1, 0.15) is 66.4 Å². The van der Waals surface area contributed by atoms with Crippen molar-refractivity contribution >= 4 is 41.0 Å². The van der Waals surface area contributed by atoms with Gasteiger partial charge in [0.1, 0.15) is 5.69 Å². The first kappa shape index (κ1) is 24.1. The average molecular weight is 493 g/mol. The third kappa shape index (κ3) is 5.90. The molecule has 33 heavy (non-hydrogen) atoms. The fourth-order valence-corrected chi connectivity index (χ4v) is 6.70. The van der Waals surface area contributed by atoms with Crippen LogP contribution in [0.3, 0.4) is 0 Å². The SMILES string of the molecule is COC(=O)C1SCCN1C(=O)c1csc(C2CCN(C(=O)NCCC3=CCCCC3)CC2)n1. The lowest BCUT2D eigenvalue weighted by molar-refractivity contribution is -0.142. The molecule has 0 spiro atoms. The predicted molar refractivity (Wildman–Crippen MR) is 130 cm³/mol. The van der Waals surface area contributed by atoms with Crippen LogP contribution in [0.15, 0.2) is 17.0 Å². The molecule has 1 N–H and O–H groups in total. The van der Waals surface area contributed by atoms with E-state index in [-0.39, 0.29) is 17.9 Å². The molecule has 1 atom stereocenters. The van der Waals surface area contributed by atoms with Crippen molar-refractivity contribution in [1.29, 1.82) is 0 Å². The van der Waals surface area contributed by atoms with Gasteiger partial charge in [-0.1, -0.05) is 11.6 Å². The first-order chi connectivity index (χ1) is 16.1. The van der Waals surface area contributed by atoms with Crippen LogP contribution < -0.4 is 5.32 Å². The molecule has 4 rings (SSSR count). The highest BCUT2D eigenvalue weighted by Gasteiger charge is 2.37. The number of piperidine rings is 1. The number of aromatic nitrogens is 1. The minimum atomic E-state index is -0.594. The van der Waals surface area contributed by atoms with Crippen LogP contribution in [0.4, 0.5) is 4.79 Å². The maximum atomic E-state index is 12.9. The molecule has 1 aromatic rings. The maximum absolute atomic E-state index is 12.9. The summed E-state index contributed by atoms with van der Waals surface area (Å²) in [6.45, 7) is 2.59. The van der Waals surface area contributed by atoms with Crippen LogP contribution in [0.25, 0.3) is 0 Å². The summed E-state index contributed by atoms with van der Waals surface area (Å²) in [6, 6.07) is 0.0141. The van der Waals surface area contributed by atoms with Gasteiger partial charge < -0.3 is 19.9 Å². The van der Waals surface area contributed by atoms with Gasteiger partial charge in [-0.25, -0.2) is 14.6 Å². The van der Waals surface area contributed by atoms with E-state index in [2.05, 4.69) is 16.4 Å². The first-order valence-electron chi connectivity index (χ1n) is 11.7. The van der Waals surface area contributed by atoms with Crippen molar-refractivity contribution in [1.82, 2.24) is 20.1 Å². The number of urea groups is 1. The van der Waals surface area contributed by atoms with E-state index in [9.17, 15) is 14.4 Å². The van der Waals surface area contributed by atoms with Gasteiger partial charge in [0.05, 0.1) is 12.1 Å². The number of nitrogens with zero attached hydrogens (tertiary/aromatic N) is 3. The Bertz CT molecular complexity index is 895. The molecule has 2 aliphatic heterocycles. The van der Waals surface area contributed by atoms with Crippen LogP contribution in [-0.4, -0.2) is 77.1 Å². The van der Waals surface area contributed by atoms with Crippen molar-refractivity contribution in [2.75, 3.05) is 39.0 Å². The molecular formula is C23H32N4O4S2. The van der Waals surface area contributed by atoms with Gasteiger partial charge in [0.2, 0.25) is 0 Å². The Hall–Kier alpha value is -2.07. The lowest BCUT2D eigenvalue weighted by Crippen LogP contribution is -2.44. The highest BCUT2D eigenvalue weighted by atomic mass is 32.2. The second kappa shape index (κ2) is 11.4. The fourth-order valence-electron chi connectivity index (χ4n) is 4.60. The highest BCUT2D eigenvalue weighted by Crippen LogP contribution is 2.32. The third-order valence-corrected chi connectivity index (χ3v) is 8.72. The second-order valence-electron chi connectivity index (χ2n) is 8.67. The van der Waals surface area contributed by atoms with Gasteiger partial charge in [0, 0.05) is 43.2 Å². The number of esters is 1. The number of ether oxygens (including phenoxy) is 1. The van der Waals surface area contributed by atoms with E-state index in [1.165, 1.54) is 61.5 Å². The topological polar surface area (TPSA) is 91.8 Å². The summed E-state index contributed by atoms with van der Waals surface area (Å²) in [5.41, 5.74) is 1.86. The van der Waals surface area contributed by atoms with Crippen molar-refractivity contribution in [3.8, 4) is 0 Å². The molecule has 1 aromatic heterocycles. The van der Waals surface area contributed by atoms with Gasteiger partial charge in [-0.05, 0) is 44.9 Å². The highest BCUT2D eigenvalue weighted by molar-refractivity contribution is 8.00. The number of carbonyl (C=O) groups excluding carboxylic acids is 3. The number of hydrogen-bond donors (Lipinski definition) is 1. The van der Waals surface area contributed by atoms with Crippen molar-refractivity contribution in [2.45, 2.75) is 56.2 Å². The number of thioether (sulfide) groups is 1. The third-order valence-electron chi connectivity index (χ3n) is 6.53. The molecule has 2 saturated heterocycles. The number of likely N-dealkylation sites (tertiary alicyclic amines) is 1. The molecule has 10 heteroatoms. The molecule has 1 aliphatic carbocycles. The number of carbonyl (C=O) groups is 3. The van der Waals surface area contributed by atoms with E-state index in [0.29, 0.717) is 37.6 Å². The summed E-state index contributed by atoms with van der Waals surface area (Å²) >= 11 is 2.91. The lowest BCUT2D eigenvalue weighted by atomic mass is 9.97. The number of hydrogen-bond acceptors (Lipinski definition) is 7. The van der Waals surface area contributed by atoms with Gasteiger partial charge in [0.15, 0.2) is 5.37 Å². The van der Waals surface area contributed by atoms with Crippen LogP contribution in [0.5, 0.6) is 0 Å². The van der Waals surface area contributed by atoms with Crippen molar-refractivity contribution in [2.24, 2.45) is 0 Å². The van der Waals surface area contributed by atoms with Crippen molar-refractivity contribution in [3.05, 3.63) is 27.7 Å². The summed E-state index contributed by atoms with van der Waals surface area (Å²) in [5.74, 6) is 0.336. The summed E-state index contributed by atoms with van der Waals surface area (Å²) in [6.07, 6.45) is 9.83. The molecule has 0 bridgehead atoms. The molecule has 8 nitrogen and oxygen atoms in total. The van der Waals surface area contributed by atoms with Gasteiger partial charge in [-0.3, -0.25) is 4.79 Å². The summed E-state index contributed by atoms with van der Waals surface area (Å²) in [7, 11) is 1.34. The standard InChI is InChI=1S/C23H32N4O4S2/c1-31-22(29)21-27(13-14-32-21)20(28)18-15-33-19(25-18)17-8-11-26(12-9-17)23(30)24-10-7-16-5-3-2-4-6-16/h5,15,17,21H,2-4,6-14H2,1H3,(H,24,30). The molecule has 3 aliphatic rings. The Balaban J connectivity index is 1.25. The fraction of sp³-hybridized carbons (Fsp3) is 0.652. The van der Waals surface area contributed by atoms with Gasteiger partial charge in [-0.2, -0.15) is 0 Å². The predicted octanol–water partition coefficient (Wildman–Crippen LogP) is 3.61. The minimum Gasteiger partial charge on any atom is -0.467 e. The monoisotopic (exact) mass is 492 g/mol. The van der Waals surface area contributed by atoms with E-state index in [0.717, 1.165) is 24.3 Å².